The molecule has 0 atom stereocenters. The highest BCUT2D eigenvalue weighted by Gasteiger charge is 2.11. The van der Waals surface area contributed by atoms with E-state index >= 15 is 0 Å². The summed E-state index contributed by atoms with van der Waals surface area (Å²) in [7, 11) is 1.68. The molecule has 1 aliphatic rings. The average molecular weight is 234 g/mol. The lowest BCUT2D eigenvalue weighted by Crippen LogP contribution is -2.18. The number of aldehydes is 1. The minimum absolute atomic E-state index is 0.251. The second kappa shape index (κ2) is 7.64. The van der Waals surface area contributed by atoms with E-state index in [0.717, 1.165) is 50.1 Å². The van der Waals surface area contributed by atoms with Gasteiger partial charge in [-0.3, -0.25) is 4.79 Å². The first kappa shape index (κ1) is 13.5. The van der Waals surface area contributed by atoms with Gasteiger partial charge in [-0.1, -0.05) is 0 Å². The van der Waals surface area contributed by atoms with Crippen molar-refractivity contribution < 1.29 is 9.53 Å². The van der Waals surface area contributed by atoms with Gasteiger partial charge in [0.15, 0.2) is 6.29 Å². The van der Waals surface area contributed by atoms with E-state index in [-0.39, 0.29) is 5.57 Å². The summed E-state index contributed by atoms with van der Waals surface area (Å²) < 4.78 is 4.97. The van der Waals surface area contributed by atoms with Crippen molar-refractivity contribution >= 4 is 6.29 Å². The third-order valence-corrected chi connectivity index (χ3v) is 2.70. The Morgan fingerprint density at radius 2 is 2.47 bits per heavy atom. The highest BCUT2D eigenvalue weighted by atomic mass is 16.5. The van der Waals surface area contributed by atoms with E-state index in [2.05, 4.69) is 5.32 Å². The molecular weight excluding hydrogens is 216 g/mol. The summed E-state index contributed by atoms with van der Waals surface area (Å²) in [6.07, 6.45) is 6.30. The molecule has 0 saturated carbocycles. The molecule has 1 N–H and O–H groups in total. The molecule has 0 aromatic heterocycles. The Morgan fingerprint density at radius 3 is 3.12 bits per heavy atom. The maximum Gasteiger partial charge on any atom is 0.160 e. The maximum atomic E-state index is 10.7. The second-order valence-corrected chi connectivity index (χ2v) is 3.96. The quantitative estimate of drug-likeness (QED) is 0.329. The highest BCUT2D eigenvalue weighted by Crippen LogP contribution is 2.22. The van der Waals surface area contributed by atoms with Gasteiger partial charge in [-0.2, -0.15) is 5.26 Å². The maximum absolute atomic E-state index is 10.7. The lowest BCUT2D eigenvalue weighted by Gasteiger charge is -2.17. The predicted octanol–water partition coefficient (Wildman–Crippen LogP) is 1.70. The smallest absolute Gasteiger partial charge is 0.160 e. The number of nitriles is 1. The Morgan fingerprint density at radius 1 is 1.65 bits per heavy atom. The summed E-state index contributed by atoms with van der Waals surface area (Å²) in [4.78, 5) is 10.7. The molecule has 0 aliphatic heterocycles. The van der Waals surface area contributed by atoms with Gasteiger partial charge in [-0.05, 0) is 37.3 Å². The third-order valence-electron chi connectivity index (χ3n) is 2.70. The van der Waals surface area contributed by atoms with Gasteiger partial charge in [0, 0.05) is 26.0 Å². The third kappa shape index (κ3) is 4.41. The van der Waals surface area contributed by atoms with Crippen LogP contribution in [0.2, 0.25) is 0 Å². The standard InChI is InChI=1S/C13H18N2O2/c1-17-7-3-6-15-13-5-2-4-11(8-13)12(9-14)10-16/h8,10,15H,2-7H2,1H3/b12-11-. The van der Waals surface area contributed by atoms with Gasteiger partial charge in [0.1, 0.15) is 6.07 Å². The van der Waals surface area contributed by atoms with Gasteiger partial charge in [0.05, 0.1) is 5.57 Å². The summed E-state index contributed by atoms with van der Waals surface area (Å²) in [5.74, 6) is 0. The van der Waals surface area contributed by atoms with Crippen molar-refractivity contribution in [3.05, 3.63) is 22.9 Å². The van der Waals surface area contributed by atoms with Crippen molar-refractivity contribution in [3.63, 3.8) is 0 Å². The summed E-state index contributed by atoms with van der Waals surface area (Å²) >= 11 is 0. The molecular formula is C13H18N2O2. The van der Waals surface area contributed by atoms with Gasteiger partial charge < -0.3 is 10.1 Å². The first-order chi connectivity index (χ1) is 8.31. The summed E-state index contributed by atoms with van der Waals surface area (Å²) in [5.41, 5.74) is 2.21. The Kier molecular flexibility index (Phi) is 6.05. The van der Waals surface area contributed by atoms with Gasteiger partial charge in [-0.15, -0.1) is 0 Å². The van der Waals surface area contributed by atoms with Crippen LogP contribution in [0.15, 0.2) is 22.9 Å². The minimum Gasteiger partial charge on any atom is -0.388 e. The number of nitrogens with one attached hydrogen (secondary N) is 1. The van der Waals surface area contributed by atoms with Gasteiger partial charge in [-0.25, -0.2) is 0 Å². The molecule has 0 fully saturated rings. The number of hydrogen-bond acceptors (Lipinski definition) is 4. The van der Waals surface area contributed by atoms with E-state index in [4.69, 9.17) is 10.00 Å². The molecule has 4 heteroatoms. The fourth-order valence-electron chi connectivity index (χ4n) is 1.82. The van der Waals surface area contributed by atoms with E-state index in [1.54, 1.807) is 7.11 Å². The molecule has 0 aromatic rings. The van der Waals surface area contributed by atoms with Gasteiger partial charge >= 0.3 is 0 Å². The molecule has 0 amide bonds. The zero-order valence-electron chi connectivity index (χ0n) is 10.2. The molecule has 17 heavy (non-hydrogen) atoms. The number of carbonyl (C=O) groups excluding carboxylic acids is 1. The Bertz CT molecular complexity index is 364. The SMILES string of the molecule is COCCCNC1=C/C(=C(/C#N)C=O)CCC1. The molecule has 1 rings (SSSR count). The van der Waals surface area contributed by atoms with Crippen LogP contribution < -0.4 is 5.32 Å². The number of rotatable bonds is 6. The largest absolute Gasteiger partial charge is 0.388 e. The summed E-state index contributed by atoms with van der Waals surface area (Å²) in [5, 5.41) is 12.1. The molecule has 0 saturated heterocycles. The van der Waals surface area contributed by atoms with Crippen LogP contribution in [-0.2, 0) is 9.53 Å². The van der Waals surface area contributed by atoms with Crippen LogP contribution in [0.4, 0.5) is 0 Å². The zero-order valence-corrected chi connectivity index (χ0v) is 10.2. The topological polar surface area (TPSA) is 62.1 Å². The van der Waals surface area contributed by atoms with Crippen LogP contribution in [0.25, 0.3) is 0 Å². The Hall–Kier alpha value is -1.60. The van der Waals surface area contributed by atoms with E-state index in [0.29, 0.717) is 6.29 Å². The average Bonchev–Trinajstić information content (AvgIpc) is 2.37. The number of ether oxygens (including phenoxy) is 1. The van der Waals surface area contributed by atoms with Crippen molar-refractivity contribution in [1.82, 2.24) is 5.32 Å². The van der Waals surface area contributed by atoms with E-state index in [1.165, 1.54) is 0 Å². The molecule has 0 spiro atoms. The normalized spacial score (nSPS) is 18.0. The van der Waals surface area contributed by atoms with Crippen LogP contribution in [0, 0.1) is 11.3 Å². The second-order valence-electron chi connectivity index (χ2n) is 3.96. The fraction of sp³-hybridized carbons (Fsp3) is 0.538. The lowest BCUT2D eigenvalue weighted by atomic mass is 9.95. The van der Waals surface area contributed by atoms with Crippen LogP contribution in [0.3, 0.4) is 0 Å². The molecule has 4 nitrogen and oxygen atoms in total. The van der Waals surface area contributed by atoms with Crippen molar-refractivity contribution in [2.45, 2.75) is 25.7 Å². The molecule has 0 bridgehead atoms. The first-order valence-electron chi connectivity index (χ1n) is 5.83. The number of hydrogen-bond donors (Lipinski definition) is 1. The number of nitrogens with zero attached hydrogens (tertiary/aromatic N) is 1. The molecule has 0 heterocycles. The highest BCUT2D eigenvalue weighted by molar-refractivity contribution is 5.81. The summed E-state index contributed by atoms with van der Waals surface area (Å²) in [6.45, 7) is 1.59. The number of carbonyl (C=O) groups is 1. The Balaban J connectivity index is 2.58. The van der Waals surface area contributed by atoms with Gasteiger partial charge in [0.25, 0.3) is 0 Å². The molecule has 0 unspecified atom stereocenters. The van der Waals surface area contributed by atoms with Crippen molar-refractivity contribution in [3.8, 4) is 6.07 Å². The molecule has 0 aromatic carbocycles. The fourth-order valence-corrected chi connectivity index (χ4v) is 1.82. The number of allylic oxidation sites excluding steroid dienone is 4. The Labute approximate surface area is 102 Å². The monoisotopic (exact) mass is 234 g/mol. The van der Waals surface area contributed by atoms with Gasteiger partial charge in [0.2, 0.25) is 0 Å². The lowest BCUT2D eigenvalue weighted by molar-refractivity contribution is -0.104. The molecule has 1 aliphatic carbocycles. The minimum atomic E-state index is 0.251. The summed E-state index contributed by atoms with van der Waals surface area (Å²) in [6, 6.07) is 1.94. The van der Waals surface area contributed by atoms with Crippen LogP contribution >= 0.6 is 0 Å². The van der Waals surface area contributed by atoms with E-state index in [9.17, 15) is 4.79 Å². The zero-order chi connectivity index (χ0) is 12.5. The van der Waals surface area contributed by atoms with Crippen LogP contribution in [0.5, 0.6) is 0 Å². The predicted molar refractivity (Wildman–Crippen MR) is 65.1 cm³/mol. The van der Waals surface area contributed by atoms with Crippen LogP contribution in [-0.4, -0.2) is 26.5 Å². The van der Waals surface area contributed by atoms with Crippen molar-refractivity contribution in [1.29, 1.82) is 5.26 Å². The van der Waals surface area contributed by atoms with E-state index in [1.807, 2.05) is 12.1 Å². The first-order valence-corrected chi connectivity index (χ1v) is 5.83. The van der Waals surface area contributed by atoms with Crippen molar-refractivity contribution in [2.24, 2.45) is 0 Å². The number of methoxy groups -OCH3 is 1. The van der Waals surface area contributed by atoms with Crippen LogP contribution in [0.1, 0.15) is 25.7 Å². The van der Waals surface area contributed by atoms with E-state index < -0.39 is 0 Å². The molecule has 92 valence electrons. The van der Waals surface area contributed by atoms with Crippen molar-refractivity contribution in [2.75, 3.05) is 20.3 Å². The molecule has 0 radical (unpaired) electrons.